The molecule has 0 aliphatic carbocycles. The Balaban J connectivity index is 2.80. The van der Waals surface area contributed by atoms with Crippen LogP contribution in [-0.4, -0.2) is 13.1 Å². The molecular formula is C15H23NO2. The van der Waals surface area contributed by atoms with Crippen LogP contribution in [0.2, 0.25) is 0 Å². The number of nitrogens with two attached hydrogens (primary N) is 1. The van der Waals surface area contributed by atoms with E-state index < -0.39 is 5.54 Å². The lowest BCUT2D eigenvalue weighted by Gasteiger charge is -2.24. The Bertz CT molecular complexity index is 393. The van der Waals surface area contributed by atoms with E-state index >= 15 is 0 Å². The van der Waals surface area contributed by atoms with Crippen LogP contribution in [0.5, 0.6) is 0 Å². The highest BCUT2D eigenvalue weighted by atomic mass is 16.5. The minimum Gasteiger partial charge on any atom is -0.469 e. The van der Waals surface area contributed by atoms with Gasteiger partial charge in [-0.1, -0.05) is 38.1 Å². The third-order valence-corrected chi connectivity index (χ3v) is 3.00. The maximum atomic E-state index is 11.3. The van der Waals surface area contributed by atoms with Crippen molar-refractivity contribution in [3.8, 4) is 0 Å². The number of hydrogen-bond acceptors (Lipinski definition) is 3. The molecule has 18 heavy (non-hydrogen) atoms. The minimum atomic E-state index is -0.677. The molecule has 0 aromatic heterocycles. The zero-order chi connectivity index (χ0) is 13.8. The van der Waals surface area contributed by atoms with Crippen LogP contribution in [0.15, 0.2) is 24.3 Å². The molecule has 1 rings (SSSR count). The van der Waals surface area contributed by atoms with Gasteiger partial charge in [0.05, 0.1) is 13.5 Å². The molecule has 0 saturated carbocycles. The molecule has 1 aromatic carbocycles. The van der Waals surface area contributed by atoms with Crippen LogP contribution in [0.3, 0.4) is 0 Å². The van der Waals surface area contributed by atoms with Gasteiger partial charge in [-0.15, -0.1) is 0 Å². The Labute approximate surface area is 109 Å². The van der Waals surface area contributed by atoms with E-state index in [1.54, 1.807) is 0 Å². The van der Waals surface area contributed by atoms with Crippen molar-refractivity contribution in [2.45, 2.75) is 39.2 Å². The number of ether oxygens (including phenoxy) is 1. The van der Waals surface area contributed by atoms with Crippen molar-refractivity contribution in [3.63, 3.8) is 0 Å². The van der Waals surface area contributed by atoms with Gasteiger partial charge < -0.3 is 10.5 Å². The summed E-state index contributed by atoms with van der Waals surface area (Å²) in [6.07, 6.45) is 1.24. The van der Waals surface area contributed by atoms with E-state index in [9.17, 15) is 4.79 Å². The minimum absolute atomic E-state index is 0.188. The fourth-order valence-corrected chi connectivity index (χ4v) is 1.97. The summed E-state index contributed by atoms with van der Waals surface area (Å²) in [5, 5.41) is 0. The average molecular weight is 249 g/mol. The highest BCUT2D eigenvalue weighted by Crippen LogP contribution is 2.23. The summed E-state index contributed by atoms with van der Waals surface area (Å²) < 4.78 is 4.66. The Morgan fingerprint density at radius 2 is 1.89 bits per heavy atom. The number of rotatable bonds is 5. The second-order valence-electron chi connectivity index (χ2n) is 5.47. The first-order valence-corrected chi connectivity index (χ1v) is 6.30. The monoisotopic (exact) mass is 249 g/mol. The van der Waals surface area contributed by atoms with Crippen LogP contribution in [0.1, 0.15) is 38.3 Å². The average Bonchev–Trinajstić information content (AvgIpc) is 2.28. The Morgan fingerprint density at radius 1 is 1.33 bits per heavy atom. The number of hydrogen-bond donors (Lipinski definition) is 1. The third kappa shape index (κ3) is 4.15. The molecule has 0 bridgehead atoms. The predicted octanol–water partition coefficient (Wildman–Crippen LogP) is 2.62. The highest BCUT2D eigenvalue weighted by molar-refractivity contribution is 5.71. The van der Waals surface area contributed by atoms with Crippen LogP contribution < -0.4 is 5.73 Å². The van der Waals surface area contributed by atoms with E-state index in [0.29, 0.717) is 5.92 Å². The normalized spacial score (nSPS) is 14.3. The molecule has 1 unspecified atom stereocenters. The quantitative estimate of drug-likeness (QED) is 0.816. The van der Waals surface area contributed by atoms with Gasteiger partial charge in [0.15, 0.2) is 0 Å². The molecule has 0 aliphatic heterocycles. The van der Waals surface area contributed by atoms with Crippen molar-refractivity contribution in [2.75, 3.05) is 7.11 Å². The summed E-state index contributed by atoms with van der Waals surface area (Å²) in [5.74, 6) is 0.349. The lowest BCUT2D eigenvalue weighted by atomic mass is 9.88. The molecule has 3 nitrogen and oxygen atoms in total. The van der Waals surface area contributed by atoms with Crippen molar-refractivity contribution in [1.82, 2.24) is 0 Å². The van der Waals surface area contributed by atoms with Gasteiger partial charge in [0, 0.05) is 5.54 Å². The summed E-state index contributed by atoms with van der Waals surface area (Å²) in [7, 11) is 1.38. The van der Waals surface area contributed by atoms with Gasteiger partial charge in [-0.2, -0.15) is 0 Å². The van der Waals surface area contributed by atoms with Crippen LogP contribution in [-0.2, 0) is 21.5 Å². The summed E-state index contributed by atoms with van der Waals surface area (Å²) in [4.78, 5) is 11.3. The van der Waals surface area contributed by atoms with E-state index in [2.05, 4.69) is 30.7 Å². The van der Waals surface area contributed by atoms with Gasteiger partial charge in [0.2, 0.25) is 0 Å². The zero-order valence-corrected chi connectivity index (χ0v) is 11.7. The number of benzene rings is 1. The lowest BCUT2D eigenvalue weighted by molar-refractivity contribution is -0.141. The Kier molecular flexibility index (Phi) is 4.91. The fourth-order valence-electron chi connectivity index (χ4n) is 1.97. The summed E-state index contributed by atoms with van der Waals surface area (Å²) >= 11 is 0. The van der Waals surface area contributed by atoms with E-state index in [4.69, 9.17) is 5.73 Å². The van der Waals surface area contributed by atoms with E-state index in [1.165, 1.54) is 12.7 Å². The number of carbonyl (C=O) groups is 1. The van der Waals surface area contributed by atoms with Gasteiger partial charge >= 0.3 is 5.97 Å². The molecule has 0 aliphatic rings. The molecule has 100 valence electrons. The molecule has 3 heteroatoms. The molecule has 0 amide bonds. The second kappa shape index (κ2) is 6.01. The molecule has 1 aromatic rings. The van der Waals surface area contributed by atoms with Crippen molar-refractivity contribution in [3.05, 3.63) is 35.4 Å². The topological polar surface area (TPSA) is 52.3 Å². The van der Waals surface area contributed by atoms with Crippen molar-refractivity contribution >= 4 is 5.97 Å². The van der Waals surface area contributed by atoms with Gasteiger partial charge in [-0.3, -0.25) is 4.79 Å². The smallest absolute Gasteiger partial charge is 0.307 e. The van der Waals surface area contributed by atoms with Gasteiger partial charge in [0.25, 0.3) is 0 Å². The van der Waals surface area contributed by atoms with Crippen LogP contribution >= 0.6 is 0 Å². The highest BCUT2D eigenvalue weighted by Gasteiger charge is 2.25. The van der Waals surface area contributed by atoms with Gasteiger partial charge in [-0.05, 0) is 30.4 Å². The van der Waals surface area contributed by atoms with Crippen molar-refractivity contribution in [1.29, 1.82) is 0 Å². The first kappa shape index (κ1) is 14.7. The second-order valence-corrected chi connectivity index (χ2v) is 5.47. The molecule has 0 fully saturated rings. The van der Waals surface area contributed by atoms with Gasteiger partial charge in [0.1, 0.15) is 0 Å². The predicted molar refractivity (Wildman–Crippen MR) is 73.2 cm³/mol. The number of methoxy groups -OCH3 is 1. The largest absolute Gasteiger partial charge is 0.469 e. The van der Waals surface area contributed by atoms with E-state index in [0.717, 1.165) is 12.0 Å². The van der Waals surface area contributed by atoms with Crippen molar-refractivity contribution in [2.24, 2.45) is 11.7 Å². The van der Waals surface area contributed by atoms with Crippen LogP contribution in [0.4, 0.5) is 0 Å². The van der Waals surface area contributed by atoms with E-state index in [-0.39, 0.29) is 12.4 Å². The third-order valence-electron chi connectivity index (χ3n) is 3.00. The molecule has 1 atom stereocenters. The number of esters is 1. The first-order valence-electron chi connectivity index (χ1n) is 6.30. The first-order chi connectivity index (χ1) is 8.35. The molecule has 0 radical (unpaired) electrons. The SMILES string of the molecule is COC(=O)CC(C)(N)c1ccc(CC(C)C)cc1. The summed E-state index contributed by atoms with van der Waals surface area (Å²) in [6.45, 7) is 6.23. The summed E-state index contributed by atoms with van der Waals surface area (Å²) in [5.41, 5.74) is 7.74. The lowest BCUT2D eigenvalue weighted by Crippen LogP contribution is -2.35. The summed E-state index contributed by atoms with van der Waals surface area (Å²) in [6, 6.07) is 8.16. The standard InChI is InChI=1S/C15H23NO2/c1-11(2)9-12-5-7-13(8-6-12)15(3,16)10-14(17)18-4/h5-8,11H,9-10,16H2,1-4H3. The fraction of sp³-hybridized carbons (Fsp3) is 0.533. The maximum absolute atomic E-state index is 11.3. The Morgan fingerprint density at radius 3 is 2.33 bits per heavy atom. The maximum Gasteiger partial charge on any atom is 0.307 e. The zero-order valence-electron chi connectivity index (χ0n) is 11.7. The molecule has 0 heterocycles. The van der Waals surface area contributed by atoms with Crippen molar-refractivity contribution < 1.29 is 9.53 Å². The number of carbonyl (C=O) groups excluding carboxylic acids is 1. The van der Waals surface area contributed by atoms with Crippen LogP contribution in [0.25, 0.3) is 0 Å². The van der Waals surface area contributed by atoms with E-state index in [1.807, 2.05) is 19.1 Å². The molecular weight excluding hydrogens is 226 g/mol. The van der Waals surface area contributed by atoms with Gasteiger partial charge in [-0.25, -0.2) is 0 Å². The van der Waals surface area contributed by atoms with Crippen LogP contribution in [0, 0.1) is 5.92 Å². The molecule has 2 N–H and O–H groups in total. The Hall–Kier alpha value is -1.35. The molecule has 0 saturated heterocycles. The molecule has 0 spiro atoms.